The summed E-state index contributed by atoms with van der Waals surface area (Å²) in [6, 6.07) is 6.88. The number of aromatic nitrogens is 1. The first kappa shape index (κ1) is 14.4. The van der Waals surface area contributed by atoms with Crippen molar-refractivity contribution in [3.63, 3.8) is 0 Å². The summed E-state index contributed by atoms with van der Waals surface area (Å²) < 4.78 is 19.5. The fraction of sp³-hybridized carbons (Fsp3) is 0.438. The van der Waals surface area contributed by atoms with Crippen molar-refractivity contribution in [1.82, 2.24) is 9.88 Å². The molecule has 3 rings (SSSR count). The molecule has 2 heterocycles. The molecule has 21 heavy (non-hydrogen) atoms. The van der Waals surface area contributed by atoms with Crippen molar-refractivity contribution in [3.8, 4) is 0 Å². The quantitative estimate of drug-likeness (QED) is 0.938. The number of fused-ring (bicyclic) bond motifs is 1. The van der Waals surface area contributed by atoms with Gasteiger partial charge < -0.3 is 10.5 Å². The maximum Gasteiger partial charge on any atom is 0.132 e. The summed E-state index contributed by atoms with van der Waals surface area (Å²) in [5.41, 5.74) is 7.70. The third kappa shape index (κ3) is 3.05. The Morgan fingerprint density at radius 1 is 1.48 bits per heavy atom. The van der Waals surface area contributed by atoms with E-state index < -0.39 is 0 Å². The molecule has 0 saturated carbocycles. The van der Waals surface area contributed by atoms with Crippen LogP contribution in [0.1, 0.15) is 12.5 Å². The fourth-order valence-electron chi connectivity index (χ4n) is 2.76. The van der Waals surface area contributed by atoms with Crippen LogP contribution < -0.4 is 5.73 Å². The molecule has 4 nitrogen and oxygen atoms in total. The molecule has 1 aromatic heterocycles. The Morgan fingerprint density at radius 2 is 2.33 bits per heavy atom. The molecule has 2 unspecified atom stereocenters. The SMILES string of the molecule is CC(N)C1CN(Cc2ccc(F)c3cccnc23)CCO1. The van der Waals surface area contributed by atoms with Gasteiger partial charge in [0.15, 0.2) is 0 Å². The highest BCUT2D eigenvalue weighted by Gasteiger charge is 2.23. The van der Waals surface area contributed by atoms with Gasteiger partial charge in [-0.3, -0.25) is 9.88 Å². The lowest BCUT2D eigenvalue weighted by Gasteiger charge is -2.34. The monoisotopic (exact) mass is 289 g/mol. The highest BCUT2D eigenvalue weighted by atomic mass is 19.1. The first-order chi connectivity index (χ1) is 10.1. The zero-order valence-electron chi connectivity index (χ0n) is 12.1. The molecule has 0 bridgehead atoms. The number of pyridine rings is 1. The Labute approximate surface area is 123 Å². The molecule has 1 fully saturated rings. The zero-order valence-corrected chi connectivity index (χ0v) is 12.1. The van der Waals surface area contributed by atoms with Crippen LogP contribution >= 0.6 is 0 Å². The summed E-state index contributed by atoms with van der Waals surface area (Å²) in [6.07, 6.45) is 1.76. The highest BCUT2D eigenvalue weighted by Crippen LogP contribution is 2.22. The largest absolute Gasteiger partial charge is 0.374 e. The number of nitrogens with two attached hydrogens (primary N) is 1. The van der Waals surface area contributed by atoms with Crippen molar-refractivity contribution >= 4 is 10.9 Å². The lowest BCUT2D eigenvalue weighted by molar-refractivity contribution is -0.0402. The predicted octanol–water partition coefficient (Wildman–Crippen LogP) is 1.92. The molecule has 0 amide bonds. The molecule has 1 aliphatic heterocycles. The van der Waals surface area contributed by atoms with Crippen LogP contribution in [0.15, 0.2) is 30.5 Å². The minimum atomic E-state index is -0.225. The molecule has 2 aromatic rings. The van der Waals surface area contributed by atoms with Gasteiger partial charge in [0.2, 0.25) is 0 Å². The van der Waals surface area contributed by atoms with E-state index in [9.17, 15) is 4.39 Å². The van der Waals surface area contributed by atoms with Gasteiger partial charge in [-0.15, -0.1) is 0 Å². The van der Waals surface area contributed by atoms with Crippen LogP contribution in [0.2, 0.25) is 0 Å². The Hall–Kier alpha value is -1.56. The number of rotatable bonds is 3. The molecule has 0 radical (unpaired) electrons. The van der Waals surface area contributed by atoms with Crippen molar-refractivity contribution in [2.24, 2.45) is 5.73 Å². The lowest BCUT2D eigenvalue weighted by atomic mass is 10.1. The number of nitrogens with zero attached hydrogens (tertiary/aromatic N) is 2. The van der Waals surface area contributed by atoms with E-state index in [4.69, 9.17) is 10.5 Å². The molecule has 1 saturated heterocycles. The molecule has 112 valence electrons. The summed E-state index contributed by atoms with van der Waals surface area (Å²) in [6.45, 7) is 5.03. The van der Waals surface area contributed by atoms with E-state index in [1.165, 1.54) is 6.07 Å². The lowest BCUT2D eigenvalue weighted by Crippen LogP contribution is -2.49. The van der Waals surface area contributed by atoms with Crippen LogP contribution in [-0.4, -0.2) is 41.7 Å². The van der Waals surface area contributed by atoms with Gasteiger partial charge in [0.1, 0.15) is 5.82 Å². The number of hydrogen-bond acceptors (Lipinski definition) is 4. The van der Waals surface area contributed by atoms with Gasteiger partial charge in [-0.1, -0.05) is 6.07 Å². The molecular formula is C16H20FN3O. The number of morpholine rings is 1. The smallest absolute Gasteiger partial charge is 0.132 e. The van der Waals surface area contributed by atoms with Crippen molar-refractivity contribution < 1.29 is 9.13 Å². The highest BCUT2D eigenvalue weighted by molar-refractivity contribution is 5.82. The molecule has 2 atom stereocenters. The standard InChI is InChI=1S/C16H20FN3O/c1-11(18)15-10-20(7-8-21-15)9-12-4-5-14(17)13-3-2-6-19-16(12)13/h2-6,11,15H,7-10,18H2,1H3. The number of halogens is 1. The minimum Gasteiger partial charge on any atom is -0.374 e. The van der Waals surface area contributed by atoms with E-state index in [2.05, 4.69) is 9.88 Å². The molecule has 1 aromatic carbocycles. The van der Waals surface area contributed by atoms with Crippen LogP contribution in [0.3, 0.4) is 0 Å². The topological polar surface area (TPSA) is 51.4 Å². The molecule has 0 spiro atoms. The van der Waals surface area contributed by atoms with Crippen molar-refractivity contribution in [3.05, 3.63) is 41.8 Å². The maximum absolute atomic E-state index is 13.8. The molecular weight excluding hydrogens is 269 g/mol. The fourth-order valence-corrected chi connectivity index (χ4v) is 2.76. The average molecular weight is 289 g/mol. The van der Waals surface area contributed by atoms with Crippen molar-refractivity contribution in [2.45, 2.75) is 25.6 Å². The van der Waals surface area contributed by atoms with Gasteiger partial charge in [-0.2, -0.15) is 0 Å². The summed E-state index contributed by atoms with van der Waals surface area (Å²) in [5, 5.41) is 0.576. The van der Waals surface area contributed by atoms with E-state index in [0.29, 0.717) is 12.0 Å². The van der Waals surface area contributed by atoms with Crippen LogP contribution in [0.25, 0.3) is 10.9 Å². The summed E-state index contributed by atoms with van der Waals surface area (Å²) in [4.78, 5) is 6.63. The zero-order chi connectivity index (χ0) is 14.8. The van der Waals surface area contributed by atoms with Crippen LogP contribution in [0.4, 0.5) is 4.39 Å². The van der Waals surface area contributed by atoms with Gasteiger partial charge in [0.25, 0.3) is 0 Å². The normalized spacial score (nSPS) is 21.6. The van der Waals surface area contributed by atoms with Crippen LogP contribution in [-0.2, 0) is 11.3 Å². The second-order valence-corrected chi connectivity index (χ2v) is 5.61. The first-order valence-electron chi connectivity index (χ1n) is 7.27. The second kappa shape index (κ2) is 6.05. The van der Waals surface area contributed by atoms with Gasteiger partial charge in [-0.25, -0.2) is 4.39 Å². The minimum absolute atomic E-state index is 0.0101. The number of ether oxygens (including phenoxy) is 1. The number of hydrogen-bond donors (Lipinski definition) is 1. The van der Waals surface area contributed by atoms with Crippen molar-refractivity contribution in [2.75, 3.05) is 19.7 Å². The third-order valence-electron chi connectivity index (χ3n) is 3.96. The van der Waals surface area contributed by atoms with E-state index in [1.54, 1.807) is 18.3 Å². The van der Waals surface area contributed by atoms with E-state index >= 15 is 0 Å². The van der Waals surface area contributed by atoms with Gasteiger partial charge in [0, 0.05) is 37.3 Å². The van der Waals surface area contributed by atoms with Gasteiger partial charge in [-0.05, 0) is 30.7 Å². The molecule has 0 aliphatic carbocycles. The maximum atomic E-state index is 13.8. The first-order valence-corrected chi connectivity index (χ1v) is 7.27. The van der Waals surface area contributed by atoms with E-state index in [-0.39, 0.29) is 18.0 Å². The summed E-state index contributed by atoms with van der Waals surface area (Å²) in [7, 11) is 0. The van der Waals surface area contributed by atoms with Crippen LogP contribution in [0.5, 0.6) is 0 Å². The Kier molecular flexibility index (Phi) is 4.14. The van der Waals surface area contributed by atoms with E-state index in [0.717, 1.165) is 30.7 Å². The summed E-state index contributed by atoms with van der Waals surface area (Å²) in [5.74, 6) is -0.225. The van der Waals surface area contributed by atoms with Gasteiger partial charge in [0.05, 0.1) is 18.2 Å². The van der Waals surface area contributed by atoms with Crippen molar-refractivity contribution in [1.29, 1.82) is 0 Å². The molecule has 2 N–H and O–H groups in total. The molecule has 1 aliphatic rings. The molecule has 5 heteroatoms. The average Bonchev–Trinajstić information content (AvgIpc) is 2.51. The summed E-state index contributed by atoms with van der Waals surface area (Å²) >= 11 is 0. The second-order valence-electron chi connectivity index (χ2n) is 5.61. The third-order valence-corrected chi connectivity index (χ3v) is 3.96. The Morgan fingerprint density at radius 3 is 3.14 bits per heavy atom. The van der Waals surface area contributed by atoms with E-state index in [1.807, 2.05) is 13.0 Å². The van der Waals surface area contributed by atoms with Gasteiger partial charge >= 0.3 is 0 Å². The predicted molar refractivity (Wildman–Crippen MR) is 80.4 cm³/mol. The van der Waals surface area contributed by atoms with Crippen LogP contribution in [0, 0.1) is 5.82 Å². The Bertz CT molecular complexity index is 632. The Balaban J connectivity index is 1.83. The number of benzene rings is 1.